The summed E-state index contributed by atoms with van der Waals surface area (Å²) in [6, 6.07) is 7.29. The van der Waals surface area contributed by atoms with Crippen LogP contribution in [0.5, 0.6) is 0 Å². The molecule has 0 radical (unpaired) electrons. The molecule has 0 N–H and O–H groups in total. The zero-order chi connectivity index (χ0) is 21.8. The van der Waals surface area contributed by atoms with Crippen molar-refractivity contribution in [2.45, 2.75) is 38.0 Å². The Hall–Kier alpha value is -1.47. The number of carbonyl (C=O) groups excluding carboxylic acids is 1. The minimum atomic E-state index is -0.160. The normalized spacial score (nSPS) is 18.1. The number of halogens is 2. The van der Waals surface area contributed by atoms with E-state index in [1.165, 1.54) is 11.3 Å². The van der Waals surface area contributed by atoms with E-state index in [-0.39, 0.29) is 17.6 Å². The molecular weight excluding hydrogens is 435 g/mol. The molecule has 0 spiro atoms. The van der Waals surface area contributed by atoms with Gasteiger partial charge < -0.3 is 14.5 Å². The standard InChI is InChI=1S/C24H30ClFN2O2S/c1-30-14-4-9-27-12-7-17(8-13-27)19-6-5-18(15-21(19)26)22-16-20(25)23(31-22)24(29)28-10-2-3-11-28/h5-6,15-17H,2-4,7-14H2,1H3. The highest BCUT2D eigenvalue weighted by atomic mass is 35.5. The lowest BCUT2D eigenvalue weighted by Crippen LogP contribution is -2.34. The second kappa shape index (κ2) is 10.4. The number of piperidine rings is 1. The van der Waals surface area contributed by atoms with Crippen LogP contribution in [0.2, 0.25) is 5.02 Å². The summed E-state index contributed by atoms with van der Waals surface area (Å²) < 4.78 is 20.2. The van der Waals surface area contributed by atoms with Crippen LogP contribution in [0.3, 0.4) is 0 Å². The van der Waals surface area contributed by atoms with Crippen molar-refractivity contribution >= 4 is 28.8 Å². The number of methoxy groups -OCH3 is 1. The van der Waals surface area contributed by atoms with Gasteiger partial charge >= 0.3 is 0 Å². The van der Waals surface area contributed by atoms with Crippen molar-refractivity contribution in [3.05, 3.63) is 45.5 Å². The number of likely N-dealkylation sites (tertiary alicyclic amines) is 2. The van der Waals surface area contributed by atoms with Crippen molar-refractivity contribution < 1.29 is 13.9 Å². The summed E-state index contributed by atoms with van der Waals surface area (Å²) in [6.45, 7) is 5.40. The van der Waals surface area contributed by atoms with E-state index in [9.17, 15) is 4.79 Å². The van der Waals surface area contributed by atoms with Gasteiger partial charge in [-0.15, -0.1) is 11.3 Å². The maximum atomic E-state index is 15.0. The number of carbonyl (C=O) groups is 1. The third kappa shape index (κ3) is 5.30. The molecule has 4 rings (SSSR count). The number of amides is 1. The first-order valence-electron chi connectivity index (χ1n) is 11.2. The van der Waals surface area contributed by atoms with Gasteiger partial charge in [0, 0.05) is 38.2 Å². The minimum Gasteiger partial charge on any atom is -0.385 e. The van der Waals surface area contributed by atoms with Crippen molar-refractivity contribution in [1.82, 2.24) is 9.80 Å². The lowest BCUT2D eigenvalue weighted by molar-refractivity contribution is 0.0797. The highest BCUT2D eigenvalue weighted by Crippen LogP contribution is 2.38. The molecule has 3 heterocycles. The maximum absolute atomic E-state index is 15.0. The molecule has 2 aromatic rings. The Labute approximate surface area is 192 Å². The fraction of sp³-hybridized carbons (Fsp3) is 0.542. The molecule has 31 heavy (non-hydrogen) atoms. The first-order chi connectivity index (χ1) is 15.1. The molecule has 2 fully saturated rings. The second-order valence-corrected chi connectivity index (χ2v) is 9.94. The number of hydrogen-bond acceptors (Lipinski definition) is 4. The van der Waals surface area contributed by atoms with Crippen molar-refractivity contribution in [2.24, 2.45) is 0 Å². The number of rotatable bonds is 7. The summed E-state index contributed by atoms with van der Waals surface area (Å²) >= 11 is 7.74. The van der Waals surface area contributed by atoms with Crippen LogP contribution < -0.4 is 0 Å². The van der Waals surface area contributed by atoms with Gasteiger partial charge in [-0.2, -0.15) is 0 Å². The van der Waals surface area contributed by atoms with Gasteiger partial charge in [-0.25, -0.2) is 4.39 Å². The van der Waals surface area contributed by atoms with Gasteiger partial charge in [0.2, 0.25) is 0 Å². The fourth-order valence-electron chi connectivity index (χ4n) is 4.63. The minimum absolute atomic E-state index is 0.00639. The van der Waals surface area contributed by atoms with E-state index >= 15 is 4.39 Å². The number of nitrogens with zero attached hydrogens (tertiary/aromatic N) is 2. The zero-order valence-electron chi connectivity index (χ0n) is 18.0. The van der Waals surface area contributed by atoms with E-state index in [4.69, 9.17) is 16.3 Å². The molecule has 0 bridgehead atoms. The molecule has 0 aliphatic carbocycles. The van der Waals surface area contributed by atoms with Crippen molar-refractivity contribution in [2.75, 3.05) is 46.4 Å². The molecule has 0 unspecified atom stereocenters. The highest BCUT2D eigenvalue weighted by molar-refractivity contribution is 7.18. The third-order valence-corrected chi connectivity index (χ3v) is 7.99. The fourth-order valence-corrected chi connectivity index (χ4v) is 6.02. The number of ether oxygens (including phenoxy) is 1. The van der Waals surface area contributed by atoms with Crippen molar-refractivity contribution in [3.8, 4) is 10.4 Å². The Balaban J connectivity index is 1.42. The Morgan fingerprint density at radius 2 is 1.94 bits per heavy atom. The first kappa shape index (κ1) is 22.7. The molecule has 4 nitrogen and oxygen atoms in total. The Bertz CT molecular complexity index is 905. The van der Waals surface area contributed by atoms with E-state index in [1.54, 1.807) is 19.2 Å². The van der Waals surface area contributed by atoms with Crippen molar-refractivity contribution in [1.29, 1.82) is 0 Å². The largest absolute Gasteiger partial charge is 0.385 e. The molecule has 0 atom stereocenters. The highest BCUT2D eigenvalue weighted by Gasteiger charge is 2.25. The van der Waals surface area contributed by atoms with Crippen LogP contribution in [-0.2, 0) is 4.74 Å². The summed E-state index contributed by atoms with van der Waals surface area (Å²) in [5.74, 6) is 0.0901. The number of hydrogen-bond donors (Lipinski definition) is 0. The molecular formula is C24H30ClFN2O2S. The maximum Gasteiger partial charge on any atom is 0.265 e. The lowest BCUT2D eigenvalue weighted by atomic mass is 9.88. The van der Waals surface area contributed by atoms with Crippen LogP contribution in [0.15, 0.2) is 24.3 Å². The first-order valence-corrected chi connectivity index (χ1v) is 12.4. The van der Waals surface area contributed by atoms with E-state index in [2.05, 4.69) is 4.90 Å². The quantitative estimate of drug-likeness (QED) is 0.495. The van der Waals surface area contributed by atoms with Crippen LogP contribution >= 0.6 is 22.9 Å². The van der Waals surface area contributed by atoms with Crippen LogP contribution in [0.25, 0.3) is 10.4 Å². The van der Waals surface area contributed by atoms with Gasteiger partial charge in [0.15, 0.2) is 0 Å². The number of benzene rings is 1. The van der Waals surface area contributed by atoms with E-state index < -0.39 is 0 Å². The molecule has 2 aliphatic heterocycles. The average Bonchev–Trinajstić information content (AvgIpc) is 3.44. The summed E-state index contributed by atoms with van der Waals surface area (Å²) in [4.78, 5) is 18.4. The molecule has 1 aromatic heterocycles. The van der Waals surface area contributed by atoms with E-state index in [0.29, 0.717) is 9.90 Å². The van der Waals surface area contributed by atoms with Gasteiger partial charge in [0.05, 0.1) is 5.02 Å². The average molecular weight is 465 g/mol. The Kier molecular flexibility index (Phi) is 7.64. The van der Waals surface area contributed by atoms with Gasteiger partial charge in [0.25, 0.3) is 5.91 Å². The Morgan fingerprint density at radius 3 is 2.61 bits per heavy atom. The van der Waals surface area contributed by atoms with Crippen LogP contribution in [0, 0.1) is 5.82 Å². The third-order valence-electron chi connectivity index (χ3n) is 6.41. The topological polar surface area (TPSA) is 32.8 Å². The van der Waals surface area contributed by atoms with Crippen LogP contribution in [0.4, 0.5) is 4.39 Å². The van der Waals surface area contributed by atoms with Gasteiger partial charge in [-0.1, -0.05) is 23.7 Å². The monoisotopic (exact) mass is 464 g/mol. The van der Waals surface area contributed by atoms with Crippen LogP contribution in [-0.4, -0.2) is 62.1 Å². The molecule has 168 valence electrons. The van der Waals surface area contributed by atoms with E-state index in [1.807, 2.05) is 17.0 Å². The predicted molar refractivity (Wildman–Crippen MR) is 125 cm³/mol. The summed E-state index contributed by atoms with van der Waals surface area (Å²) in [6.07, 6.45) is 5.07. The smallest absolute Gasteiger partial charge is 0.265 e. The molecule has 1 amide bonds. The number of thiophene rings is 1. The lowest BCUT2D eigenvalue weighted by Gasteiger charge is -2.32. The predicted octanol–water partition coefficient (Wildman–Crippen LogP) is 5.66. The Morgan fingerprint density at radius 1 is 1.19 bits per heavy atom. The molecule has 2 saturated heterocycles. The zero-order valence-corrected chi connectivity index (χ0v) is 19.6. The van der Waals surface area contributed by atoms with Crippen molar-refractivity contribution in [3.63, 3.8) is 0 Å². The van der Waals surface area contributed by atoms with Gasteiger partial charge in [0.1, 0.15) is 10.7 Å². The molecule has 1 aromatic carbocycles. The van der Waals surface area contributed by atoms with Crippen LogP contribution in [0.1, 0.15) is 53.3 Å². The molecule has 2 aliphatic rings. The summed E-state index contributed by atoms with van der Waals surface area (Å²) in [5, 5.41) is 0.460. The molecule has 0 saturated carbocycles. The SMILES string of the molecule is COCCCN1CCC(c2ccc(-c3cc(Cl)c(C(=O)N4CCCC4)s3)cc2F)CC1. The summed E-state index contributed by atoms with van der Waals surface area (Å²) in [5.41, 5.74) is 1.59. The van der Waals surface area contributed by atoms with Gasteiger partial charge in [-0.3, -0.25) is 4.79 Å². The summed E-state index contributed by atoms with van der Waals surface area (Å²) in [7, 11) is 1.73. The van der Waals surface area contributed by atoms with E-state index in [0.717, 1.165) is 87.4 Å². The van der Waals surface area contributed by atoms with Gasteiger partial charge in [-0.05, 0) is 74.4 Å². The molecule has 7 heteroatoms. The second-order valence-electron chi connectivity index (χ2n) is 8.49.